The largest absolute Gasteiger partial charge is 0.497 e. The summed E-state index contributed by atoms with van der Waals surface area (Å²) >= 11 is 3.38. The average molecular weight is 467 g/mol. The molecule has 4 rings (SSSR count). The van der Waals surface area contributed by atoms with Crippen LogP contribution in [-0.4, -0.2) is 31.1 Å². The van der Waals surface area contributed by atoms with Gasteiger partial charge in [0.1, 0.15) is 17.2 Å². The number of halogens is 1. The lowest BCUT2D eigenvalue weighted by molar-refractivity contribution is -0.123. The van der Waals surface area contributed by atoms with E-state index < -0.39 is 6.03 Å². The molecule has 1 aliphatic heterocycles. The van der Waals surface area contributed by atoms with Gasteiger partial charge in [-0.15, -0.1) is 0 Å². The van der Waals surface area contributed by atoms with Gasteiger partial charge in [0, 0.05) is 10.0 Å². The van der Waals surface area contributed by atoms with Gasteiger partial charge in [0.15, 0.2) is 0 Å². The van der Waals surface area contributed by atoms with Crippen molar-refractivity contribution in [3.63, 3.8) is 0 Å². The first-order valence-electron chi connectivity index (χ1n) is 9.24. The number of hydrogen-bond donors (Lipinski definition) is 1. The average Bonchev–Trinajstić information content (AvgIpc) is 3.02. The van der Waals surface area contributed by atoms with Gasteiger partial charge in [-0.2, -0.15) is 0 Å². The zero-order valence-corrected chi connectivity index (χ0v) is 18.0. The number of carbonyl (C=O) groups is 2. The third-order valence-electron chi connectivity index (χ3n) is 4.96. The Bertz CT molecular complexity index is 1170. The minimum atomic E-state index is -0.453. The van der Waals surface area contributed by atoms with E-state index in [1.165, 1.54) is 4.90 Å². The Kier molecular flexibility index (Phi) is 5.46. The third-order valence-corrected chi connectivity index (χ3v) is 5.48. The molecule has 0 saturated carbocycles. The Labute approximate surface area is 182 Å². The summed E-state index contributed by atoms with van der Waals surface area (Å²) in [4.78, 5) is 26.6. The number of urea groups is 1. The van der Waals surface area contributed by atoms with Crippen LogP contribution in [0.1, 0.15) is 11.1 Å². The van der Waals surface area contributed by atoms with Crippen LogP contribution in [0.4, 0.5) is 4.79 Å². The van der Waals surface area contributed by atoms with Crippen molar-refractivity contribution in [3.8, 4) is 11.5 Å². The van der Waals surface area contributed by atoms with Crippen LogP contribution in [0.5, 0.6) is 11.5 Å². The van der Waals surface area contributed by atoms with E-state index in [1.54, 1.807) is 20.3 Å². The van der Waals surface area contributed by atoms with Crippen LogP contribution in [0, 0.1) is 0 Å². The van der Waals surface area contributed by atoms with Crippen molar-refractivity contribution in [1.29, 1.82) is 0 Å². The standard InChI is InChI=1S/C23H19BrN2O4/c1-29-17-9-5-15-6-10-21(30-2)19(18(15)11-17)12-20-22(27)26(23(28)25-20)13-14-3-7-16(24)8-4-14/h3-12H,13H2,1-2H3,(H,25,28)/b20-12+. The molecule has 152 valence electrons. The highest BCUT2D eigenvalue weighted by molar-refractivity contribution is 9.10. The smallest absolute Gasteiger partial charge is 0.329 e. The maximum absolute atomic E-state index is 12.9. The Morgan fingerprint density at radius 3 is 2.43 bits per heavy atom. The fourth-order valence-corrected chi connectivity index (χ4v) is 3.65. The van der Waals surface area contributed by atoms with Crippen LogP contribution in [0.3, 0.4) is 0 Å². The molecule has 0 aliphatic carbocycles. The SMILES string of the molecule is COc1ccc2ccc(OC)c(/C=C3/NC(=O)N(Cc4ccc(Br)cc4)C3=O)c2c1. The van der Waals surface area contributed by atoms with E-state index in [1.807, 2.05) is 54.6 Å². The first-order chi connectivity index (χ1) is 14.5. The number of carbonyl (C=O) groups excluding carboxylic acids is 2. The Hall–Kier alpha value is -3.32. The molecule has 3 amide bonds. The molecule has 7 heteroatoms. The topological polar surface area (TPSA) is 67.9 Å². The monoisotopic (exact) mass is 466 g/mol. The van der Waals surface area contributed by atoms with E-state index >= 15 is 0 Å². The van der Waals surface area contributed by atoms with E-state index in [0.29, 0.717) is 17.1 Å². The number of nitrogens with zero attached hydrogens (tertiary/aromatic N) is 1. The van der Waals surface area contributed by atoms with Crippen molar-refractivity contribution < 1.29 is 19.1 Å². The van der Waals surface area contributed by atoms with Gasteiger partial charge >= 0.3 is 6.03 Å². The summed E-state index contributed by atoms with van der Waals surface area (Å²) in [6, 6.07) is 16.5. The highest BCUT2D eigenvalue weighted by atomic mass is 79.9. The zero-order valence-electron chi connectivity index (χ0n) is 16.4. The number of ether oxygens (including phenoxy) is 2. The molecular formula is C23H19BrN2O4. The molecule has 0 bridgehead atoms. The molecule has 1 fully saturated rings. The van der Waals surface area contributed by atoms with Crippen molar-refractivity contribution >= 4 is 44.7 Å². The van der Waals surface area contributed by atoms with Gasteiger partial charge < -0.3 is 14.8 Å². The number of rotatable bonds is 5. The van der Waals surface area contributed by atoms with Crippen LogP contribution in [0.2, 0.25) is 0 Å². The number of benzene rings is 3. The van der Waals surface area contributed by atoms with Gasteiger partial charge in [0.05, 0.1) is 20.8 Å². The normalized spacial score (nSPS) is 15.0. The second kappa shape index (κ2) is 8.20. The van der Waals surface area contributed by atoms with Gasteiger partial charge in [-0.1, -0.05) is 40.2 Å². The molecular weight excluding hydrogens is 448 g/mol. The molecule has 0 spiro atoms. The van der Waals surface area contributed by atoms with Gasteiger partial charge in [-0.3, -0.25) is 9.69 Å². The predicted octanol–water partition coefficient (Wildman–Crippen LogP) is 4.71. The van der Waals surface area contributed by atoms with Crippen molar-refractivity contribution in [2.75, 3.05) is 14.2 Å². The first-order valence-corrected chi connectivity index (χ1v) is 10.0. The number of amides is 3. The minimum absolute atomic E-state index is 0.190. The maximum atomic E-state index is 12.9. The fraction of sp³-hybridized carbons (Fsp3) is 0.130. The number of methoxy groups -OCH3 is 2. The summed E-state index contributed by atoms with van der Waals surface area (Å²) in [5, 5.41) is 4.50. The molecule has 0 radical (unpaired) electrons. The van der Waals surface area contributed by atoms with Crippen LogP contribution >= 0.6 is 15.9 Å². The van der Waals surface area contributed by atoms with E-state index in [4.69, 9.17) is 9.47 Å². The van der Waals surface area contributed by atoms with Gasteiger partial charge in [0.25, 0.3) is 5.91 Å². The predicted molar refractivity (Wildman–Crippen MR) is 118 cm³/mol. The molecule has 1 heterocycles. The number of fused-ring (bicyclic) bond motifs is 1. The van der Waals surface area contributed by atoms with Gasteiger partial charge in [0.2, 0.25) is 0 Å². The summed E-state index contributed by atoms with van der Waals surface area (Å²) in [7, 11) is 3.17. The molecule has 1 aliphatic rings. The maximum Gasteiger partial charge on any atom is 0.329 e. The Morgan fingerprint density at radius 1 is 1.00 bits per heavy atom. The highest BCUT2D eigenvalue weighted by Crippen LogP contribution is 2.33. The lowest BCUT2D eigenvalue weighted by atomic mass is 10.0. The van der Waals surface area contributed by atoms with Crippen molar-refractivity contribution in [2.24, 2.45) is 0 Å². The molecule has 30 heavy (non-hydrogen) atoms. The minimum Gasteiger partial charge on any atom is -0.497 e. The number of hydrogen-bond acceptors (Lipinski definition) is 4. The molecule has 0 unspecified atom stereocenters. The van der Waals surface area contributed by atoms with E-state index in [9.17, 15) is 9.59 Å². The van der Waals surface area contributed by atoms with Crippen molar-refractivity contribution in [3.05, 3.63) is 75.9 Å². The summed E-state index contributed by atoms with van der Waals surface area (Å²) in [5.41, 5.74) is 1.75. The van der Waals surface area contributed by atoms with Crippen LogP contribution in [0.15, 0.2) is 64.8 Å². The molecule has 0 atom stereocenters. The van der Waals surface area contributed by atoms with Crippen LogP contribution in [-0.2, 0) is 11.3 Å². The van der Waals surface area contributed by atoms with Crippen LogP contribution in [0.25, 0.3) is 16.8 Å². The number of nitrogens with one attached hydrogen (secondary N) is 1. The summed E-state index contributed by atoms with van der Waals surface area (Å²) in [6.45, 7) is 0.190. The second-order valence-corrected chi connectivity index (χ2v) is 7.69. The Morgan fingerprint density at radius 2 is 1.73 bits per heavy atom. The quantitative estimate of drug-likeness (QED) is 0.436. The lowest BCUT2D eigenvalue weighted by Gasteiger charge is -2.12. The zero-order chi connectivity index (χ0) is 21.3. The molecule has 3 aromatic rings. The van der Waals surface area contributed by atoms with Gasteiger partial charge in [-0.05, 0) is 52.7 Å². The fourth-order valence-electron chi connectivity index (χ4n) is 3.39. The molecule has 1 saturated heterocycles. The summed E-state index contributed by atoms with van der Waals surface area (Å²) in [5.74, 6) is 0.899. The number of imide groups is 1. The van der Waals surface area contributed by atoms with Crippen molar-refractivity contribution in [1.82, 2.24) is 10.2 Å². The lowest BCUT2D eigenvalue weighted by Crippen LogP contribution is -2.30. The van der Waals surface area contributed by atoms with E-state index in [2.05, 4.69) is 21.2 Å². The molecule has 3 aromatic carbocycles. The van der Waals surface area contributed by atoms with E-state index in [0.717, 1.165) is 20.8 Å². The van der Waals surface area contributed by atoms with Crippen molar-refractivity contribution in [2.45, 2.75) is 6.54 Å². The summed E-state index contributed by atoms with van der Waals surface area (Å²) in [6.07, 6.45) is 1.66. The first kappa shape index (κ1) is 20.0. The molecule has 0 aromatic heterocycles. The highest BCUT2D eigenvalue weighted by Gasteiger charge is 2.33. The summed E-state index contributed by atoms with van der Waals surface area (Å²) < 4.78 is 11.8. The third kappa shape index (κ3) is 3.76. The second-order valence-electron chi connectivity index (χ2n) is 6.77. The Balaban J connectivity index is 1.72. The van der Waals surface area contributed by atoms with E-state index in [-0.39, 0.29) is 18.1 Å². The molecule has 1 N–H and O–H groups in total. The molecule has 6 nitrogen and oxygen atoms in total. The van der Waals surface area contributed by atoms with Gasteiger partial charge in [-0.25, -0.2) is 4.79 Å². The van der Waals surface area contributed by atoms with Crippen LogP contribution < -0.4 is 14.8 Å².